The molecule has 1 saturated carbocycles. The molecule has 1 N–H and O–H groups in total. The summed E-state index contributed by atoms with van der Waals surface area (Å²) in [6.07, 6.45) is 6.59. The summed E-state index contributed by atoms with van der Waals surface area (Å²) in [5.41, 5.74) is 1.14. The van der Waals surface area contributed by atoms with Gasteiger partial charge in [-0.2, -0.15) is 0 Å². The average molecular weight is 319 g/mol. The SMILES string of the molecule is CC(=Cc1ccc(F)cc1)C(O)(C(C)CN(C)C)C1CCCC1. The number of rotatable bonds is 6. The highest BCUT2D eigenvalue weighted by molar-refractivity contribution is 5.54. The van der Waals surface area contributed by atoms with Gasteiger partial charge in [-0.25, -0.2) is 4.39 Å². The molecular weight excluding hydrogens is 289 g/mol. The van der Waals surface area contributed by atoms with Crippen molar-refractivity contribution in [3.63, 3.8) is 0 Å². The minimum absolute atomic E-state index is 0.150. The second kappa shape index (κ2) is 7.59. The van der Waals surface area contributed by atoms with Crippen LogP contribution in [0.1, 0.15) is 45.1 Å². The lowest BCUT2D eigenvalue weighted by Gasteiger charge is -2.41. The van der Waals surface area contributed by atoms with Gasteiger partial charge < -0.3 is 10.0 Å². The summed E-state index contributed by atoms with van der Waals surface area (Å²) >= 11 is 0. The molecule has 2 atom stereocenters. The maximum atomic E-state index is 13.1. The minimum Gasteiger partial charge on any atom is -0.385 e. The molecule has 128 valence electrons. The van der Waals surface area contributed by atoms with E-state index in [1.165, 1.54) is 25.0 Å². The number of halogens is 1. The highest BCUT2D eigenvalue weighted by Crippen LogP contribution is 2.43. The molecule has 0 spiro atoms. The van der Waals surface area contributed by atoms with Crippen LogP contribution in [0.5, 0.6) is 0 Å². The molecule has 2 nitrogen and oxygen atoms in total. The summed E-state index contributed by atoms with van der Waals surface area (Å²) in [6, 6.07) is 6.48. The fraction of sp³-hybridized carbons (Fsp3) is 0.600. The molecule has 3 heteroatoms. The predicted molar refractivity (Wildman–Crippen MR) is 94.7 cm³/mol. The van der Waals surface area contributed by atoms with Crippen molar-refractivity contribution in [3.05, 3.63) is 41.2 Å². The lowest BCUT2D eigenvalue weighted by Crippen LogP contribution is -2.47. The fourth-order valence-corrected chi connectivity index (χ4v) is 4.09. The van der Waals surface area contributed by atoms with Crippen LogP contribution in [0.25, 0.3) is 6.08 Å². The molecule has 1 aliphatic carbocycles. The topological polar surface area (TPSA) is 23.5 Å². The van der Waals surface area contributed by atoms with Crippen molar-refractivity contribution in [1.82, 2.24) is 4.90 Å². The summed E-state index contributed by atoms with van der Waals surface area (Å²) in [7, 11) is 4.09. The lowest BCUT2D eigenvalue weighted by atomic mass is 9.71. The third-order valence-corrected chi connectivity index (χ3v) is 5.25. The molecule has 0 amide bonds. The van der Waals surface area contributed by atoms with E-state index in [9.17, 15) is 9.50 Å². The van der Waals surface area contributed by atoms with Crippen molar-refractivity contribution in [3.8, 4) is 0 Å². The van der Waals surface area contributed by atoms with Gasteiger partial charge in [-0.3, -0.25) is 0 Å². The average Bonchev–Trinajstić information content (AvgIpc) is 3.02. The van der Waals surface area contributed by atoms with E-state index < -0.39 is 5.60 Å². The summed E-state index contributed by atoms with van der Waals surface area (Å²) in [4.78, 5) is 2.13. The van der Waals surface area contributed by atoms with E-state index >= 15 is 0 Å². The van der Waals surface area contributed by atoms with E-state index in [4.69, 9.17) is 0 Å². The summed E-state index contributed by atoms with van der Waals surface area (Å²) in [5.74, 6) is 0.235. The zero-order chi connectivity index (χ0) is 17.0. The van der Waals surface area contributed by atoms with Crippen LogP contribution in [0, 0.1) is 17.7 Å². The van der Waals surface area contributed by atoms with Crippen LogP contribution in [0.3, 0.4) is 0 Å². The first kappa shape index (κ1) is 18.2. The number of benzene rings is 1. The van der Waals surface area contributed by atoms with E-state index in [1.54, 1.807) is 12.1 Å². The Morgan fingerprint density at radius 3 is 2.39 bits per heavy atom. The number of hydrogen-bond donors (Lipinski definition) is 1. The van der Waals surface area contributed by atoms with E-state index in [1.807, 2.05) is 27.1 Å². The van der Waals surface area contributed by atoms with Crippen molar-refractivity contribution in [2.75, 3.05) is 20.6 Å². The number of aliphatic hydroxyl groups is 1. The van der Waals surface area contributed by atoms with Gasteiger partial charge in [-0.05, 0) is 63.0 Å². The number of nitrogens with zero attached hydrogens (tertiary/aromatic N) is 1. The molecule has 23 heavy (non-hydrogen) atoms. The second-order valence-electron chi connectivity index (χ2n) is 7.35. The van der Waals surface area contributed by atoms with Crippen molar-refractivity contribution >= 4 is 6.08 Å². The normalized spacial score (nSPS) is 20.7. The summed E-state index contributed by atoms with van der Waals surface area (Å²) in [5, 5.41) is 11.6. The van der Waals surface area contributed by atoms with Crippen molar-refractivity contribution in [2.45, 2.75) is 45.1 Å². The standard InChI is InChI=1S/C20H30FNO/c1-15(13-17-9-11-19(21)12-10-17)20(23,16(2)14-22(3)4)18-7-5-6-8-18/h9-13,16,18,23H,5-8,14H2,1-4H3. The first-order valence-electron chi connectivity index (χ1n) is 8.65. The molecular formula is C20H30FNO. The molecule has 2 rings (SSSR count). The van der Waals surface area contributed by atoms with Crippen LogP contribution in [0.15, 0.2) is 29.8 Å². The molecule has 0 radical (unpaired) electrons. The first-order valence-corrected chi connectivity index (χ1v) is 8.65. The van der Waals surface area contributed by atoms with Crippen molar-refractivity contribution < 1.29 is 9.50 Å². The molecule has 1 aromatic carbocycles. The Bertz CT molecular complexity index is 531. The zero-order valence-corrected chi connectivity index (χ0v) is 14.8. The minimum atomic E-state index is -0.796. The second-order valence-corrected chi connectivity index (χ2v) is 7.35. The van der Waals surface area contributed by atoms with Gasteiger partial charge in [0.1, 0.15) is 5.82 Å². The predicted octanol–water partition coefficient (Wildman–Crippen LogP) is 4.35. The van der Waals surface area contributed by atoms with E-state index in [0.717, 1.165) is 30.5 Å². The van der Waals surface area contributed by atoms with E-state index in [0.29, 0.717) is 5.92 Å². The van der Waals surface area contributed by atoms with Gasteiger partial charge in [0.05, 0.1) is 5.60 Å². The maximum absolute atomic E-state index is 13.1. The number of hydrogen-bond acceptors (Lipinski definition) is 2. The van der Waals surface area contributed by atoms with Crippen molar-refractivity contribution in [1.29, 1.82) is 0 Å². The van der Waals surface area contributed by atoms with Gasteiger partial charge in [-0.1, -0.05) is 38.0 Å². The van der Waals surface area contributed by atoms with E-state index in [2.05, 4.69) is 11.8 Å². The largest absolute Gasteiger partial charge is 0.385 e. The monoisotopic (exact) mass is 319 g/mol. The molecule has 0 saturated heterocycles. The zero-order valence-electron chi connectivity index (χ0n) is 14.8. The van der Waals surface area contributed by atoms with E-state index in [-0.39, 0.29) is 11.7 Å². The van der Waals surface area contributed by atoms with Gasteiger partial charge in [0.25, 0.3) is 0 Å². The smallest absolute Gasteiger partial charge is 0.123 e. The third-order valence-electron chi connectivity index (χ3n) is 5.25. The summed E-state index contributed by atoms with van der Waals surface area (Å²) < 4.78 is 13.1. The fourth-order valence-electron chi connectivity index (χ4n) is 4.09. The molecule has 1 aliphatic rings. The van der Waals surface area contributed by atoms with Gasteiger partial charge in [-0.15, -0.1) is 0 Å². The van der Waals surface area contributed by atoms with Gasteiger partial charge in [0.15, 0.2) is 0 Å². The maximum Gasteiger partial charge on any atom is 0.123 e. The molecule has 1 aromatic rings. The Labute approximate surface area is 140 Å². The molecule has 0 heterocycles. The Morgan fingerprint density at radius 1 is 1.30 bits per heavy atom. The molecule has 1 fully saturated rings. The molecule has 0 bridgehead atoms. The van der Waals surface area contributed by atoms with Crippen molar-refractivity contribution in [2.24, 2.45) is 11.8 Å². The van der Waals surface area contributed by atoms with Gasteiger partial charge in [0, 0.05) is 12.5 Å². The quantitative estimate of drug-likeness (QED) is 0.843. The molecule has 0 aromatic heterocycles. The Morgan fingerprint density at radius 2 is 1.87 bits per heavy atom. The first-order chi connectivity index (χ1) is 10.8. The Kier molecular flexibility index (Phi) is 5.99. The van der Waals surface area contributed by atoms with Crippen LogP contribution in [0.2, 0.25) is 0 Å². The Hall–Kier alpha value is -1.19. The Balaban J connectivity index is 2.33. The highest BCUT2D eigenvalue weighted by Gasteiger charge is 2.44. The van der Waals surface area contributed by atoms with Crippen LogP contribution in [-0.2, 0) is 0 Å². The molecule has 2 unspecified atom stereocenters. The molecule has 0 aliphatic heterocycles. The van der Waals surface area contributed by atoms with Gasteiger partial charge in [0.2, 0.25) is 0 Å². The van der Waals surface area contributed by atoms with Crippen LogP contribution < -0.4 is 0 Å². The lowest BCUT2D eigenvalue weighted by molar-refractivity contribution is -0.0350. The van der Waals surface area contributed by atoms with Crippen LogP contribution >= 0.6 is 0 Å². The van der Waals surface area contributed by atoms with Crippen LogP contribution in [0.4, 0.5) is 4.39 Å². The summed E-state index contributed by atoms with van der Waals surface area (Å²) in [6.45, 7) is 5.01. The van der Waals surface area contributed by atoms with Gasteiger partial charge >= 0.3 is 0 Å². The third kappa shape index (κ3) is 4.21. The highest BCUT2D eigenvalue weighted by atomic mass is 19.1. The van der Waals surface area contributed by atoms with Crippen LogP contribution in [-0.4, -0.2) is 36.2 Å².